The number of halogens is 1. The molecule has 98 valence electrons. The summed E-state index contributed by atoms with van der Waals surface area (Å²) in [5.41, 5.74) is 1.25. The van der Waals surface area contributed by atoms with Crippen LogP contribution in [0.15, 0.2) is 26.4 Å². The lowest BCUT2D eigenvalue weighted by molar-refractivity contribution is 0.471. The molecule has 2 nitrogen and oxygen atoms in total. The Bertz CT molecular complexity index is 532. The van der Waals surface area contributed by atoms with Crippen molar-refractivity contribution in [1.29, 1.82) is 0 Å². The van der Waals surface area contributed by atoms with Gasteiger partial charge in [-0.3, -0.25) is 0 Å². The molecule has 0 aliphatic heterocycles. The quantitative estimate of drug-likeness (QED) is 0.841. The monoisotopic (exact) mass is 327 g/mol. The maximum absolute atomic E-state index is 5.58. The molecule has 0 amide bonds. The summed E-state index contributed by atoms with van der Waals surface area (Å²) in [6.45, 7) is 8.38. The van der Waals surface area contributed by atoms with Crippen LogP contribution in [0.1, 0.15) is 47.9 Å². The molecule has 4 heteroatoms. The van der Waals surface area contributed by atoms with E-state index in [2.05, 4.69) is 53.3 Å². The summed E-state index contributed by atoms with van der Waals surface area (Å²) in [4.78, 5) is 1.34. The summed E-state index contributed by atoms with van der Waals surface area (Å²) in [6.07, 6.45) is 0. The predicted molar refractivity (Wildman–Crippen MR) is 80.2 cm³/mol. The first-order valence-electron chi connectivity index (χ1n) is 6.05. The standard InChI is InChI=1S/C14H18BrNOS/c1-8-7-12(11(4)17-8)9(2)16-10(3)13-5-6-14(15)18-13/h5-7,9-10,16H,1-4H3. The summed E-state index contributed by atoms with van der Waals surface area (Å²) in [7, 11) is 0. The van der Waals surface area contributed by atoms with E-state index in [0.717, 1.165) is 11.5 Å². The van der Waals surface area contributed by atoms with Gasteiger partial charge in [0, 0.05) is 22.5 Å². The van der Waals surface area contributed by atoms with Crippen LogP contribution in [0.3, 0.4) is 0 Å². The highest BCUT2D eigenvalue weighted by Gasteiger charge is 2.16. The van der Waals surface area contributed by atoms with Gasteiger partial charge in [0.15, 0.2) is 0 Å². The van der Waals surface area contributed by atoms with Gasteiger partial charge in [-0.2, -0.15) is 0 Å². The van der Waals surface area contributed by atoms with Gasteiger partial charge in [-0.05, 0) is 61.8 Å². The molecule has 0 aliphatic carbocycles. The fourth-order valence-corrected chi connectivity index (χ4v) is 3.62. The van der Waals surface area contributed by atoms with Crippen molar-refractivity contribution in [1.82, 2.24) is 5.32 Å². The van der Waals surface area contributed by atoms with E-state index < -0.39 is 0 Å². The van der Waals surface area contributed by atoms with Crippen LogP contribution in [0.25, 0.3) is 0 Å². The van der Waals surface area contributed by atoms with Crippen molar-refractivity contribution >= 4 is 27.3 Å². The molecule has 2 aromatic rings. The van der Waals surface area contributed by atoms with Crippen molar-refractivity contribution in [3.63, 3.8) is 0 Å². The van der Waals surface area contributed by atoms with Crippen LogP contribution in [0.4, 0.5) is 0 Å². The van der Waals surface area contributed by atoms with E-state index in [0.29, 0.717) is 12.1 Å². The summed E-state index contributed by atoms with van der Waals surface area (Å²) in [5.74, 6) is 1.98. The van der Waals surface area contributed by atoms with E-state index in [9.17, 15) is 0 Å². The van der Waals surface area contributed by atoms with Gasteiger partial charge in [-0.25, -0.2) is 0 Å². The molecular formula is C14H18BrNOS. The highest BCUT2D eigenvalue weighted by molar-refractivity contribution is 9.11. The molecule has 0 bridgehead atoms. The van der Waals surface area contributed by atoms with Gasteiger partial charge in [0.25, 0.3) is 0 Å². The second-order valence-electron chi connectivity index (χ2n) is 4.62. The maximum Gasteiger partial charge on any atom is 0.105 e. The zero-order valence-electron chi connectivity index (χ0n) is 11.1. The molecule has 0 fully saturated rings. The summed E-state index contributed by atoms with van der Waals surface area (Å²) in [5, 5.41) is 3.61. The Balaban J connectivity index is 2.07. The first-order valence-corrected chi connectivity index (χ1v) is 7.66. The van der Waals surface area contributed by atoms with Crippen molar-refractivity contribution in [2.75, 3.05) is 0 Å². The third-order valence-corrected chi connectivity index (χ3v) is 4.87. The highest BCUT2D eigenvalue weighted by atomic mass is 79.9. The molecule has 0 saturated heterocycles. The van der Waals surface area contributed by atoms with E-state index in [1.54, 1.807) is 11.3 Å². The van der Waals surface area contributed by atoms with Crippen LogP contribution >= 0.6 is 27.3 Å². The van der Waals surface area contributed by atoms with Gasteiger partial charge in [0.05, 0.1) is 3.79 Å². The molecule has 0 aromatic carbocycles. The Morgan fingerprint density at radius 2 is 1.94 bits per heavy atom. The van der Waals surface area contributed by atoms with E-state index in [1.165, 1.54) is 14.2 Å². The van der Waals surface area contributed by atoms with Crippen molar-refractivity contribution in [2.24, 2.45) is 0 Å². The molecule has 2 unspecified atom stereocenters. The predicted octanol–water partition coefficient (Wildman–Crippen LogP) is 5.13. The summed E-state index contributed by atoms with van der Waals surface area (Å²) < 4.78 is 6.76. The molecule has 0 aliphatic rings. The molecule has 18 heavy (non-hydrogen) atoms. The third kappa shape index (κ3) is 3.05. The van der Waals surface area contributed by atoms with E-state index in [-0.39, 0.29) is 0 Å². The fraction of sp³-hybridized carbons (Fsp3) is 0.429. The lowest BCUT2D eigenvalue weighted by Gasteiger charge is -2.18. The number of aryl methyl sites for hydroxylation is 2. The zero-order valence-corrected chi connectivity index (χ0v) is 13.5. The van der Waals surface area contributed by atoms with Crippen molar-refractivity contribution < 1.29 is 4.42 Å². The number of thiophene rings is 1. The first-order chi connectivity index (χ1) is 8.47. The molecule has 2 heterocycles. The summed E-state index contributed by atoms with van der Waals surface area (Å²) >= 11 is 5.28. The number of furan rings is 1. The SMILES string of the molecule is Cc1cc(C(C)NC(C)c2ccc(Br)s2)c(C)o1. The van der Waals surface area contributed by atoms with Crippen molar-refractivity contribution in [3.05, 3.63) is 43.9 Å². The number of rotatable bonds is 4. The Labute approximate surface area is 121 Å². The van der Waals surface area contributed by atoms with Crippen LogP contribution in [0, 0.1) is 13.8 Å². The van der Waals surface area contributed by atoms with Crippen molar-refractivity contribution in [3.8, 4) is 0 Å². The van der Waals surface area contributed by atoms with E-state index in [4.69, 9.17) is 4.42 Å². The first kappa shape index (κ1) is 13.8. The van der Waals surface area contributed by atoms with Gasteiger partial charge in [-0.15, -0.1) is 11.3 Å². The minimum absolute atomic E-state index is 0.290. The number of nitrogens with one attached hydrogen (secondary N) is 1. The Kier molecular flexibility index (Phi) is 4.30. The second-order valence-corrected chi connectivity index (χ2v) is 7.12. The molecule has 2 atom stereocenters. The van der Waals surface area contributed by atoms with Crippen LogP contribution in [-0.2, 0) is 0 Å². The van der Waals surface area contributed by atoms with Crippen LogP contribution in [0.5, 0.6) is 0 Å². The minimum atomic E-state index is 0.290. The lowest BCUT2D eigenvalue weighted by Crippen LogP contribution is -2.21. The largest absolute Gasteiger partial charge is 0.466 e. The molecule has 2 rings (SSSR count). The highest BCUT2D eigenvalue weighted by Crippen LogP contribution is 2.29. The zero-order chi connectivity index (χ0) is 13.3. The maximum atomic E-state index is 5.58. The van der Waals surface area contributed by atoms with Gasteiger partial charge in [0.1, 0.15) is 11.5 Å². The van der Waals surface area contributed by atoms with E-state index in [1.807, 2.05) is 13.8 Å². The van der Waals surface area contributed by atoms with Gasteiger partial charge < -0.3 is 9.73 Å². The number of hydrogen-bond acceptors (Lipinski definition) is 3. The van der Waals surface area contributed by atoms with Crippen LogP contribution in [0.2, 0.25) is 0 Å². The molecule has 0 saturated carbocycles. The van der Waals surface area contributed by atoms with Crippen LogP contribution in [-0.4, -0.2) is 0 Å². The van der Waals surface area contributed by atoms with Gasteiger partial charge in [0.2, 0.25) is 0 Å². The average molecular weight is 328 g/mol. The second kappa shape index (κ2) is 5.59. The van der Waals surface area contributed by atoms with Crippen LogP contribution < -0.4 is 5.32 Å². The fourth-order valence-electron chi connectivity index (χ4n) is 2.19. The van der Waals surface area contributed by atoms with Gasteiger partial charge in [-0.1, -0.05) is 0 Å². The Morgan fingerprint density at radius 3 is 2.44 bits per heavy atom. The molecule has 0 radical (unpaired) electrons. The summed E-state index contributed by atoms with van der Waals surface area (Å²) in [6, 6.07) is 7.00. The molecular weight excluding hydrogens is 310 g/mol. The molecule has 0 spiro atoms. The minimum Gasteiger partial charge on any atom is -0.466 e. The Hall–Kier alpha value is -0.580. The lowest BCUT2D eigenvalue weighted by atomic mass is 10.1. The Morgan fingerprint density at radius 1 is 1.22 bits per heavy atom. The molecule has 1 N–H and O–H groups in total. The van der Waals surface area contributed by atoms with Crippen molar-refractivity contribution in [2.45, 2.75) is 39.8 Å². The number of hydrogen-bond donors (Lipinski definition) is 1. The third-order valence-electron chi connectivity index (χ3n) is 3.07. The molecule has 2 aromatic heterocycles. The smallest absolute Gasteiger partial charge is 0.105 e. The average Bonchev–Trinajstić information content (AvgIpc) is 2.84. The topological polar surface area (TPSA) is 25.2 Å². The normalized spacial score (nSPS) is 14.7. The van der Waals surface area contributed by atoms with Gasteiger partial charge >= 0.3 is 0 Å². The van der Waals surface area contributed by atoms with E-state index >= 15 is 0 Å².